The average Bonchev–Trinajstić information content (AvgIpc) is 2.49. The standard InChI is InChI=1S/C16H23NO3/c1-5-7-8-9-20-16-14(18-3)10-13(12-17-6-2)11-15(16)19-4/h10-11,17H,6,8-9,12H2,1-4H3. The zero-order valence-electron chi connectivity index (χ0n) is 12.7. The fraction of sp³-hybridized carbons (Fsp3) is 0.500. The first-order chi connectivity index (χ1) is 9.76. The highest BCUT2D eigenvalue weighted by Crippen LogP contribution is 2.38. The van der Waals surface area contributed by atoms with Crippen LogP contribution >= 0.6 is 0 Å². The van der Waals surface area contributed by atoms with Gasteiger partial charge < -0.3 is 19.5 Å². The van der Waals surface area contributed by atoms with E-state index in [2.05, 4.69) is 24.1 Å². The Morgan fingerprint density at radius 1 is 1.15 bits per heavy atom. The maximum Gasteiger partial charge on any atom is 0.203 e. The molecule has 0 fully saturated rings. The second-order valence-corrected chi connectivity index (χ2v) is 4.14. The fourth-order valence-corrected chi connectivity index (χ4v) is 1.78. The van der Waals surface area contributed by atoms with E-state index in [4.69, 9.17) is 14.2 Å². The van der Waals surface area contributed by atoms with Crippen LogP contribution in [-0.2, 0) is 6.54 Å². The van der Waals surface area contributed by atoms with E-state index >= 15 is 0 Å². The molecule has 0 bridgehead atoms. The van der Waals surface area contributed by atoms with Crippen LogP contribution in [0.15, 0.2) is 12.1 Å². The van der Waals surface area contributed by atoms with Gasteiger partial charge in [0.15, 0.2) is 11.5 Å². The summed E-state index contributed by atoms with van der Waals surface area (Å²) < 4.78 is 16.5. The van der Waals surface area contributed by atoms with E-state index in [9.17, 15) is 0 Å². The SMILES string of the molecule is CC#CCCOc1c(OC)cc(CNCC)cc1OC. The normalized spacial score (nSPS) is 9.60. The molecular formula is C16H23NO3. The average molecular weight is 277 g/mol. The molecule has 1 aromatic carbocycles. The van der Waals surface area contributed by atoms with E-state index < -0.39 is 0 Å². The van der Waals surface area contributed by atoms with Gasteiger partial charge >= 0.3 is 0 Å². The maximum atomic E-state index is 5.74. The van der Waals surface area contributed by atoms with Gasteiger partial charge in [0.05, 0.1) is 20.8 Å². The lowest BCUT2D eigenvalue weighted by atomic mass is 10.1. The van der Waals surface area contributed by atoms with Crippen molar-refractivity contribution in [1.29, 1.82) is 0 Å². The van der Waals surface area contributed by atoms with Crippen molar-refractivity contribution < 1.29 is 14.2 Å². The molecule has 20 heavy (non-hydrogen) atoms. The van der Waals surface area contributed by atoms with Gasteiger partial charge in [-0.2, -0.15) is 0 Å². The third kappa shape index (κ3) is 4.67. The molecule has 1 aromatic rings. The summed E-state index contributed by atoms with van der Waals surface area (Å²) in [5.74, 6) is 7.81. The van der Waals surface area contributed by atoms with Gasteiger partial charge in [-0.25, -0.2) is 0 Å². The van der Waals surface area contributed by atoms with E-state index in [1.165, 1.54) is 0 Å². The van der Waals surface area contributed by atoms with Crippen molar-refractivity contribution in [3.05, 3.63) is 17.7 Å². The summed E-state index contributed by atoms with van der Waals surface area (Å²) in [6.45, 7) is 6.08. The van der Waals surface area contributed by atoms with E-state index in [1.807, 2.05) is 19.1 Å². The molecule has 0 aliphatic carbocycles. The summed E-state index contributed by atoms with van der Waals surface area (Å²) in [4.78, 5) is 0. The van der Waals surface area contributed by atoms with Crippen molar-refractivity contribution in [3.8, 4) is 29.1 Å². The first kappa shape index (κ1) is 16.2. The molecule has 0 spiro atoms. The number of methoxy groups -OCH3 is 2. The number of ether oxygens (including phenoxy) is 3. The lowest BCUT2D eigenvalue weighted by Crippen LogP contribution is -2.12. The molecule has 0 amide bonds. The van der Waals surface area contributed by atoms with Gasteiger partial charge in [0, 0.05) is 13.0 Å². The number of rotatable bonds is 8. The van der Waals surface area contributed by atoms with Crippen molar-refractivity contribution >= 4 is 0 Å². The lowest BCUT2D eigenvalue weighted by Gasteiger charge is -2.15. The van der Waals surface area contributed by atoms with Gasteiger partial charge in [-0.05, 0) is 31.2 Å². The summed E-state index contributed by atoms with van der Waals surface area (Å²) in [5, 5.41) is 3.28. The lowest BCUT2D eigenvalue weighted by molar-refractivity contribution is 0.280. The summed E-state index contributed by atoms with van der Waals surface area (Å²) in [5.41, 5.74) is 1.10. The van der Waals surface area contributed by atoms with Gasteiger partial charge in [0.1, 0.15) is 0 Å². The molecule has 0 atom stereocenters. The van der Waals surface area contributed by atoms with Crippen molar-refractivity contribution in [2.75, 3.05) is 27.4 Å². The van der Waals surface area contributed by atoms with Crippen LogP contribution in [0.3, 0.4) is 0 Å². The third-order valence-corrected chi connectivity index (χ3v) is 2.75. The van der Waals surface area contributed by atoms with Crippen LogP contribution in [0.1, 0.15) is 25.8 Å². The van der Waals surface area contributed by atoms with Crippen LogP contribution < -0.4 is 19.5 Å². The number of nitrogens with one attached hydrogen (secondary N) is 1. The first-order valence-corrected chi connectivity index (χ1v) is 6.74. The van der Waals surface area contributed by atoms with Crippen molar-refractivity contribution in [2.45, 2.75) is 26.8 Å². The Morgan fingerprint density at radius 3 is 2.30 bits per heavy atom. The highest BCUT2D eigenvalue weighted by molar-refractivity contribution is 5.53. The smallest absolute Gasteiger partial charge is 0.203 e. The number of hydrogen-bond donors (Lipinski definition) is 1. The van der Waals surface area contributed by atoms with Gasteiger partial charge in [-0.15, -0.1) is 11.8 Å². The Bertz CT molecular complexity index is 449. The van der Waals surface area contributed by atoms with E-state index in [0.717, 1.165) is 18.7 Å². The van der Waals surface area contributed by atoms with Crippen LogP contribution in [-0.4, -0.2) is 27.4 Å². The first-order valence-electron chi connectivity index (χ1n) is 6.74. The van der Waals surface area contributed by atoms with Crippen LogP contribution in [0.5, 0.6) is 17.2 Å². The van der Waals surface area contributed by atoms with Crippen molar-refractivity contribution in [1.82, 2.24) is 5.32 Å². The molecule has 0 saturated heterocycles. The minimum absolute atomic E-state index is 0.514. The van der Waals surface area contributed by atoms with Crippen molar-refractivity contribution in [2.24, 2.45) is 0 Å². The molecule has 0 radical (unpaired) electrons. The monoisotopic (exact) mass is 277 g/mol. The van der Waals surface area contributed by atoms with Gasteiger partial charge in [-0.3, -0.25) is 0 Å². The minimum Gasteiger partial charge on any atom is -0.493 e. The summed E-state index contributed by atoms with van der Waals surface area (Å²) in [6.07, 6.45) is 0.682. The molecule has 110 valence electrons. The molecule has 4 heteroatoms. The Balaban J connectivity index is 2.91. The maximum absolute atomic E-state index is 5.74. The molecule has 1 N–H and O–H groups in total. The van der Waals surface area contributed by atoms with Crippen LogP contribution in [0.25, 0.3) is 0 Å². The van der Waals surface area contributed by atoms with Gasteiger partial charge in [-0.1, -0.05) is 6.92 Å². The third-order valence-electron chi connectivity index (χ3n) is 2.75. The van der Waals surface area contributed by atoms with Crippen LogP contribution in [0.2, 0.25) is 0 Å². The van der Waals surface area contributed by atoms with E-state index in [-0.39, 0.29) is 0 Å². The largest absolute Gasteiger partial charge is 0.493 e. The summed E-state index contributed by atoms with van der Waals surface area (Å²) in [6, 6.07) is 3.93. The zero-order chi connectivity index (χ0) is 14.8. The van der Waals surface area contributed by atoms with Crippen molar-refractivity contribution in [3.63, 3.8) is 0 Å². The number of hydrogen-bond acceptors (Lipinski definition) is 4. The summed E-state index contributed by atoms with van der Waals surface area (Å²) >= 11 is 0. The molecule has 0 heterocycles. The number of benzene rings is 1. The van der Waals surface area contributed by atoms with Crippen LogP contribution in [0, 0.1) is 11.8 Å². The second kappa shape index (κ2) is 9.11. The highest BCUT2D eigenvalue weighted by Gasteiger charge is 2.13. The molecule has 0 aliphatic heterocycles. The molecule has 0 unspecified atom stereocenters. The minimum atomic E-state index is 0.514. The van der Waals surface area contributed by atoms with Gasteiger partial charge in [0.2, 0.25) is 5.75 Å². The Morgan fingerprint density at radius 2 is 1.80 bits per heavy atom. The molecule has 0 aliphatic rings. The summed E-state index contributed by atoms with van der Waals surface area (Å²) in [7, 11) is 3.26. The predicted molar refractivity (Wildman–Crippen MR) is 80.5 cm³/mol. The topological polar surface area (TPSA) is 39.7 Å². The quantitative estimate of drug-likeness (QED) is 0.585. The van der Waals surface area contributed by atoms with E-state index in [1.54, 1.807) is 14.2 Å². The molecule has 0 aromatic heterocycles. The Labute approximate surface area is 121 Å². The van der Waals surface area contributed by atoms with Gasteiger partial charge in [0.25, 0.3) is 0 Å². The zero-order valence-corrected chi connectivity index (χ0v) is 12.7. The molecule has 1 rings (SSSR count). The predicted octanol–water partition coefficient (Wildman–Crippen LogP) is 2.61. The second-order valence-electron chi connectivity index (χ2n) is 4.14. The Hall–Kier alpha value is -1.86. The Kier molecular flexibility index (Phi) is 7.38. The molecule has 0 saturated carbocycles. The molecule has 4 nitrogen and oxygen atoms in total. The van der Waals surface area contributed by atoms with E-state index in [0.29, 0.717) is 30.3 Å². The van der Waals surface area contributed by atoms with Crippen LogP contribution in [0.4, 0.5) is 0 Å². The highest BCUT2D eigenvalue weighted by atomic mass is 16.5. The molecular weight excluding hydrogens is 254 g/mol. The fourth-order valence-electron chi connectivity index (χ4n) is 1.78.